The molecule has 2 aromatic rings. The van der Waals surface area contributed by atoms with Crippen molar-refractivity contribution in [3.8, 4) is 5.75 Å². The molecule has 1 atom stereocenters. The van der Waals surface area contributed by atoms with E-state index >= 15 is 0 Å². The number of benzene rings is 1. The lowest BCUT2D eigenvalue weighted by Gasteiger charge is -2.27. The Morgan fingerprint density at radius 2 is 1.96 bits per heavy atom. The first-order valence-electron chi connectivity index (χ1n) is 8.79. The Labute approximate surface area is 154 Å². The molecule has 0 aliphatic carbocycles. The average Bonchev–Trinajstić information content (AvgIpc) is 2.68. The van der Waals surface area contributed by atoms with E-state index in [1.807, 2.05) is 23.9 Å². The molecule has 1 aliphatic heterocycles. The van der Waals surface area contributed by atoms with Gasteiger partial charge in [0.05, 0.1) is 7.11 Å². The van der Waals surface area contributed by atoms with Gasteiger partial charge in [-0.1, -0.05) is 12.1 Å². The predicted molar refractivity (Wildman–Crippen MR) is 106 cm³/mol. The summed E-state index contributed by atoms with van der Waals surface area (Å²) in [6.45, 7) is 4.32. The summed E-state index contributed by atoms with van der Waals surface area (Å²) < 4.78 is 5.20. The minimum absolute atomic E-state index is 0.349. The molecule has 25 heavy (non-hydrogen) atoms. The highest BCUT2D eigenvalue weighted by Crippen LogP contribution is 2.20. The number of rotatable bonds is 7. The van der Waals surface area contributed by atoms with Crippen LogP contribution in [0.15, 0.2) is 36.7 Å². The third kappa shape index (κ3) is 5.26. The third-order valence-electron chi connectivity index (χ3n) is 4.41. The van der Waals surface area contributed by atoms with Crippen LogP contribution in [-0.2, 0) is 6.42 Å². The number of nitrogens with one attached hydrogen (secondary N) is 1. The van der Waals surface area contributed by atoms with E-state index in [0.29, 0.717) is 6.04 Å². The smallest absolute Gasteiger partial charge is 0.134 e. The monoisotopic (exact) mass is 358 g/mol. The van der Waals surface area contributed by atoms with Crippen molar-refractivity contribution in [3.63, 3.8) is 0 Å². The number of thioether (sulfide) groups is 1. The highest BCUT2D eigenvalue weighted by atomic mass is 32.2. The van der Waals surface area contributed by atoms with Gasteiger partial charge in [-0.15, -0.1) is 0 Å². The van der Waals surface area contributed by atoms with E-state index in [-0.39, 0.29) is 0 Å². The molecule has 3 rings (SSSR count). The van der Waals surface area contributed by atoms with E-state index in [9.17, 15) is 0 Å². The molecule has 6 heteroatoms. The van der Waals surface area contributed by atoms with Crippen LogP contribution in [0.25, 0.3) is 0 Å². The van der Waals surface area contributed by atoms with E-state index in [2.05, 4.69) is 45.3 Å². The van der Waals surface area contributed by atoms with E-state index in [1.165, 1.54) is 17.1 Å². The predicted octanol–water partition coefficient (Wildman–Crippen LogP) is 3.47. The molecule has 1 aliphatic rings. The summed E-state index contributed by atoms with van der Waals surface area (Å²) in [4.78, 5) is 11.2. The Balaban J connectivity index is 1.52. The number of hydrogen-bond acceptors (Lipinski definition) is 6. The average molecular weight is 359 g/mol. The Bertz CT molecular complexity index is 659. The maximum absolute atomic E-state index is 5.20. The number of ether oxygens (including phenoxy) is 1. The van der Waals surface area contributed by atoms with Gasteiger partial charge in [-0.3, -0.25) is 0 Å². The van der Waals surface area contributed by atoms with Crippen molar-refractivity contribution in [2.24, 2.45) is 0 Å². The second-order valence-corrected chi connectivity index (χ2v) is 7.52. The lowest BCUT2D eigenvalue weighted by molar-refractivity contribution is 0.414. The summed E-state index contributed by atoms with van der Waals surface area (Å²) in [5, 5.41) is 3.51. The highest BCUT2D eigenvalue weighted by Gasteiger charge is 2.13. The van der Waals surface area contributed by atoms with Gasteiger partial charge in [0.15, 0.2) is 0 Å². The summed E-state index contributed by atoms with van der Waals surface area (Å²) >= 11 is 2.01. The second kappa shape index (κ2) is 8.94. The van der Waals surface area contributed by atoms with E-state index in [4.69, 9.17) is 4.74 Å². The van der Waals surface area contributed by atoms with Crippen LogP contribution < -0.4 is 15.0 Å². The molecule has 0 spiro atoms. The largest absolute Gasteiger partial charge is 0.497 e. The van der Waals surface area contributed by atoms with Gasteiger partial charge in [-0.05, 0) is 37.5 Å². The first-order chi connectivity index (χ1) is 12.2. The first kappa shape index (κ1) is 17.9. The molecule has 0 amide bonds. The molecule has 0 saturated carbocycles. The summed E-state index contributed by atoms with van der Waals surface area (Å²) in [6.07, 6.45) is 3.74. The zero-order valence-corrected chi connectivity index (χ0v) is 15.8. The number of aromatic nitrogens is 2. The van der Waals surface area contributed by atoms with Crippen molar-refractivity contribution in [1.29, 1.82) is 0 Å². The Kier molecular flexibility index (Phi) is 6.39. The number of methoxy groups -OCH3 is 1. The molecule has 1 fully saturated rings. The van der Waals surface area contributed by atoms with Crippen LogP contribution in [0.4, 0.5) is 11.6 Å². The van der Waals surface area contributed by atoms with Gasteiger partial charge in [-0.2, -0.15) is 11.8 Å². The fourth-order valence-electron chi connectivity index (χ4n) is 2.89. The summed E-state index contributed by atoms with van der Waals surface area (Å²) in [6, 6.07) is 10.7. The number of nitrogens with zero attached hydrogens (tertiary/aromatic N) is 3. The molecule has 1 aromatic heterocycles. The van der Waals surface area contributed by atoms with Crippen molar-refractivity contribution in [2.45, 2.75) is 25.8 Å². The molecule has 1 N–H and O–H groups in total. The molecule has 0 radical (unpaired) electrons. The third-order valence-corrected chi connectivity index (χ3v) is 5.35. The molecule has 2 heterocycles. The molecular weight excluding hydrogens is 332 g/mol. The zero-order chi connectivity index (χ0) is 17.5. The van der Waals surface area contributed by atoms with Gasteiger partial charge >= 0.3 is 0 Å². The number of hydrogen-bond donors (Lipinski definition) is 1. The molecule has 1 saturated heterocycles. The van der Waals surface area contributed by atoms with Crippen LogP contribution in [0, 0.1) is 0 Å². The lowest BCUT2D eigenvalue weighted by atomic mass is 10.1. The van der Waals surface area contributed by atoms with Crippen LogP contribution in [0.2, 0.25) is 0 Å². The SMILES string of the molecule is COc1ccc(CCC(C)Nc2cc(N3CCSCC3)ncn2)cc1. The van der Waals surface area contributed by atoms with E-state index in [0.717, 1.165) is 43.3 Å². The lowest BCUT2D eigenvalue weighted by Crippen LogP contribution is -2.33. The zero-order valence-electron chi connectivity index (χ0n) is 14.9. The quantitative estimate of drug-likeness (QED) is 0.818. The summed E-state index contributed by atoms with van der Waals surface area (Å²) in [7, 11) is 1.69. The van der Waals surface area contributed by atoms with Gasteiger partial charge < -0.3 is 15.0 Å². The maximum atomic E-state index is 5.20. The van der Waals surface area contributed by atoms with Crippen LogP contribution in [-0.4, -0.2) is 47.7 Å². The van der Waals surface area contributed by atoms with Crippen LogP contribution in [0.1, 0.15) is 18.9 Å². The fraction of sp³-hybridized carbons (Fsp3) is 0.474. The summed E-state index contributed by atoms with van der Waals surface area (Å²) in [5.74, 6) is 5.18. The van der Waals surface area contributed by atoms with Crippen molar-refractivity contribution >= 4 is 23.4 Å². The molecule has 0 bridgehead atoms. The minimum Gasteiger partial charge on any atom is -0.497 e. The van der Waals surface area contributed by atoms with Crippen molar-refractivity contribution in [2.75, 3.05) is 41.9 Å². The Hall–Kier alpha value is -1.95. The first-order valence-corrected chi connectivity index (χ1v) is 9.94. The maximum Gasteiger partial charge on any atom is 0.134 e. The molecule has 5 nitrogen and oxygen atoms in total. The molecule has 1 aromatic carbocycles. The number of anilines is 2. The topological polar surface area (TPSA) is 50.3 Å². The fourth-order valence-corrected chi connectivity index (χ4v) is 3.79. The minimum atomic E-state index is 0.349. The molecule has 1 unspecified atom stereocenters. The molecule has 134 valence electrons. The Morgan fingerprint density at radius 1 is 1.20 bits per heavy atom. The van der Waals surface area contributed by atoms with Crippen molar-refractivity contribution < 1.29 is 4.74 Å². The van der Waals surface area contributed by atoms with Gasteiger partial charge in [0, 0.05) is 36.7 Å². The second-order valence-electron chi connectivity index (χ2n) is 6.29. The van der Waals surface area contributed by atoms with Crippen LogP contribution in [0.3, 0.4) is 0 Å². The van der Waals surface area contributed by atoms with E-state index in [1.54, 1.807) is 13.4 Å². The van der Waals surface area contributed by atoms with Gasteiger partial charge in [-0.25, -0.2) is 9.97 Å². The standard InChI is InChI=1S/C19H26N4OS/c1-15(3-4-16-5-7-17(24-2)8-6-16)22-18-13-19(21-14-20-18)23-9-11-25-12-10-23/h5-8,13-15H,3-4,9-12H2,1-2H3,(H,20,21,22). The van der Waals surface area contributed by atoms with Crippen LogP contribution >= 0.6 is 11.8 Å². The summed E-state index contributed by atoms with van der Waals surface area (Å²) in [5.41, 5.74) is 1.32. The Morgan fingerprint density at radius 3 is 2.68 bits per heavy atom. The van der Waals surface area contributed by atoms with Crippen molar-refractivity contribution in [3.05, 3.63) is 42.2 Å². The highest BCUT2D eigenvalue weighted by molar-refractivity contribution is 7.99. The molecular formula is C19H26N4OS. The number of aryl methyl sites for hydroxylation is 1. The van der Waals surface area contributed by atoms with Gasteiger partial charge in [0.1, 0.15) is 23.7 Å². The normalized spacial score (nSPS) is 15.7. The van der Waals surface area contributed by atoms with Crippen molar-refractivity contribution in [1.82, 2.24) is 9.97 Å². The van der Waals surface area contributed by atoms with Gasteiger partial charge in [0.25, 0.3) is 0 Å². The van der Waals surface area contributed by atoms with Gasteiger partial charge in [0.2, 0.25) is 0 Å². The van der Waals surface area contributed by atoms with Crippen LogP contribution in [0.5, 0.6) is 5.75 Å². The van der Waals surface area contributed by atoms with E-state index < -0.39 is 0 Å².